The molecule has 0 radical (unpaired) electrons. The van der Waals surface area contributed by atoms with E-state index >= 15 is 0 Å². The fourth-order valence-electron chi connectivity index (χ4n) is 3.07. The van der Waals surface area contributed by atoms with Crippen molar-refractivity contribution in [1.29, 1.82) is 0 Å². The molecule has 0 bridgehead atoms. The largest absolute Gasteiger partial charge is 0.497 e. The Morgan fingerprint density at radius 3 is 2.73 bits per heavy atom. The Bertz CT molecular complexity index is 1230. The number of carbonyl (C=O) groups excluding carboxylic acids is 1. The van der Waals surface area contributed by atoms with Gasteiger partial charge in [-0.15, -0.1) is 0 Å². The third-order valence-electron chi connectivity index (χ3n) is 4.58. The zero-order valence-corrected chi connectivity index (χ0v) is 18.3. The van der Waals surface area contributed by atoms with E-state index in [1.165, 1.54) is 0 Å². The number of amides is 1. The summed E-state index contributed by atoms with van der Waals surface area (Å²) >= 11 is 2.27. The molecular weight excluding hydrogens is 493 g/mol. The number of fused-ring (bicyclic) bond motifs is 1. The summed E-state index contributed by atoms with van der Waals surface area (Å²) in [5.41, 5.74) is 9.16. The second-order valence-corrected chi connectivity index (χ2v) is 7.29. The van der Waals surface area contributed by atoms with Gasteiger partial charge < -0.3 is 15.8 Å². The van der Waals surface area contributed by atoms with Crippen molar-refractivity contribution in [2.45, 2.75) is 4.43 Å². The van der Waals surface area contributed by atoms with E-state index in [4.69, 9.17) is 15.5 Å². The van der Waals surface area contributed by atoms with Crippen LogP contribution in [0.4, 0.5) is 11.5 Å². The summed E-state index contributed by atoms with van der Waals surface area (Å²) in [6.45, 7) is 0. The van der Waals surface area contributed by atoms with Gasteiger partial charge in [-0.1, -0.05) is 28.7 Å². The normalized spacial score (nSPS) is 10.7. The average molecular weight is 511 g/mol. The Labute approximate surface area is 186 Å². The standard InChI is InChI=1S/C22H18IN5O2/c1-30-15-5-7-18-17(10-15)22(28-21(26-18)14-3-2-8-25-12-14)27-19-9-13(11-23)4-6-16(19)20(24)29/h2-10,12H,11H2,1H3,(H2,24,29)(H,26,27,28). The van der Waals surface area contributed by atoms with E-state index in [1.807, 2.05) is 42.5 Å². The van der Waals surface area contributed by atoms with Crippen LogP contribution in [0.25, 0.3) is 22.3 Å². The monoisotopic (exact) mass is 511 g/mol. The molecule has 7 nitrogen and oxygen atoms in total. The highest BCUT2D eigenvalue weighted by atomic mass is 127. The number of benzene rings is 2. The number of pyridine rings is 1. The van der Waals surface area contributed by atoms with E-state index in [1.54, 1.807) is 25.6 Å². The number of hydrogen-bond donors (Lipinski definition) is 2. The van der Waals surface area contributed by atoms with Crippen molar-refractivity contribution >= 4 is 50.9 Å². The number of methoxy groups -OCH3 is 1. The number of hydrogen-bond acceptors (Lipinski definition) is 6. The van der Waals surface area contributed by atoms with Gasteiger partial charge in [0.25, 0.3) is 5.91 Å². The molecule has 0 atom stereocenters. The Balaban J connectivity index is 1.91. The van der Waals surface area contributed by atoms with Crippen molar-refractivity contribution in [3.8, 4) is 17.1 Å². The van der Waals surface area contributed by atoms with Crippen LogP contribution in [0.15, 0.2) is 60.9 Å². The van der Waals surface area contributed by atoms with Crippen molar-refractivity contribution in [3.05, 3.63) is 72.1 Å². The number of primary amides is 1. The lowest BCUT2D eigenvalue weighted by molar-refractivity contribution is 0.100. The van der Waals surface area contributed by atoms with Gasteiger partial charge in [0.1, 0.15) is 11.6 Å². The van der Waals surface area contributed by atoms with Crippen LogP contribution in [0.5, 0.6) is 5.75 Å². The fourth-order valence-corrected chi connectivity index (χ4v) is 3.55. The Morgan fingerprint density at radius 1 is 1.17 bits per heavy atom. The second kappa shape index (κ2) is 8.62. The van der Waals surface area contributed by atoms with E-state index in [0.717, 1.165) is 26.5 Å². The van der Waals surface area contributed by atoms with Gasteiger partial charge in [-0.2, -0.15) is 0 Å². The average Bonchev–Trinajstić information content (AvgIpc) is 2.79. The van der Waals surface area contributed by atoms with Gasteiger partial charge >= 0.3 is 0 Å². The number of nitrogens with zero attached hydrogens (tertiary/aromatic N) is 3. The van der Waals surface area contributed by atoms with Crippen molar-refractivity contribution < 1.29 is 9.53 Å². The molecule has 0 saturated heterocycles. The van der Waals surface area contributed by atoms with Crippen LogP contribution in [-0.2, 0) is 4.43 Å². The second-order valence-electron chi connectivity index (χ2n) is 6.52. The van der Waals surface area contributed by atoms with E-state index in [0.29, 0.717) is 28.6 Å². The predicted molar refractivity (Wildman–Crippen MR) is 125 cm³/mol. The zero-order chi connectivity index (χ0) is 21.1. The Hall–Kier alpha value is -3.27. The van der Waals surface area contributed by atoms with E-state index in [-0.39, 0.29) is 0 Å². The third-order valence-corrected chi connectivity index (χ3v) is 5.46. The molecule has 8 heteroatoms. The molecule has 1 amide bonds. The van der Waals surface area contributed by atoms with Crippen molar-refractivity contribution in [2.75, 3.05) is 12.4 Å². The van der Waals surface area contributed by atoms with Gasteiger partial charge in [0.15, 0.2) is 5.82 Å². The summed E-state index contributed by atoms with van der Waals surface area (Å²) in [5, 5.41) is 4.06. The first-order valence-electron chi connectivity index (χ1n) is 9.11. The third kappa shape index (κ3) is 4.04. The minimum absolute atomic E-state index is 0.390. The number of nitrogens with one attached hydrogen (secondary N) is 1. The summed E-state index contributed by atoms with van der Waals surface area (Å²) in [6.07, 6.45) is 3.41. The molecule has 0 aliphatic heterocycles. The van der Waals surface area contributed by atoms with Crippen LogP contribution < -0.4 is 15.8 Å². The Kier molecular flexibility index (Phi) is 5.75. The molecule has 30 heavy (non-hydrogen) atoms. The molecule has 0 unspecified atom stereocenters. The maximum atomic E-state index is 12.0. The van der Waals surface area contributed by atoms with Gasteiger partial charge in [-0.05, 0) is 48.0 Å². The quantitative estimate of drug-likeness (QED) is 0.293. The van der Waals surface area contributed by atoms with Crippen LogP contribution in [0.3, 0.4) is 0 Å². The first-order valence-corrected chi connectivity index (χ1v) is 10.6. The van der Waals surface area contributed by atoms with Gasteiger partial charge in [0.2, 0.25) is 0 Å². The molecule has 0 fully saturated rings. The van der Waals surface area contributed by atoms with Gasteiger partial charge in [-0.25, -0.2) is 9.97 Å². The number of alkyl halides is 1. The smallest absolute Gasteiger partial charge is 0.250 e. The zero-order valence-electron chi connectivity index (χ0n) is 16.1. The summed E-state index contributed by atoms with van der Waals surface area (Å²) < 4.78 is 6.17. The van der Waals surface area contributed by atoms with Crippen molar-refractivity contribution in [1.82, 2.24) is 15.0 Å². The van der Waals surface area contributed by atoms with E-state index in [2.05, 4.69) is 37.9 Å². The molecule has 0 aliphatic carbocycles. The van der Waals surface area contributed by atoms with Crippen LogP contribution in [0.2, 0.25) is 0 Å². The van der Waals surface area contributed by atoms with Crippen molar-refractivity contribution in [2.24, 2.45) is 5.73 Å². The number of halogens is 1. The summed E-state index contributed by atoms with van der Waals surface area (Å²) in [6, 6.07) is 14.8. The molecule has 3 N–H and O–H groups in total. The molecule has 2 aromatic carbocycles. The van der Waals surface area contributed by atoms with Crippen molar-refractivity contribution in [3.63, 3.8) is 0 Å². The highest BCUT2D eigenvalue weighted by Gasteiger charge is 2.15. The van der Waals surface area contributed by atoms with E-state index in [9.17, 15) is 4.79 Å². The first kappa shape index (κ1) is 20.0. The number of nitrogens with two attached hydrogens (primary N) is 1. The molecule has 2 heterocycles. The first-order chi connectivity index (χ1) is 14.6. The molecule has 2 aromatic heterocycles. The molecular formula is C22H18IN5O2. The minimum Gasteiger partial charge on any atom is -0.497 e. The van der Waals surface area contributed by atoms with Crippen LogP contribution in [0, 0.1) is 0 Å². The molecule has 4 aromatic rings. The molecule has 0 aliphatic rings. The summed E-state index contributed by atoms with van der Waals surface area (Å²) in [7, 11) is 1.61. The number of carbonyl (C=O) groups is 1. The van der Waals surface area contributed by atoms with Gasteiger partial charge in [-0.3, -0.25) is 9.78 Å². The molecule has 4 rings (SSSR count). The fraction of sp³-hybridized carbons (Fsp3) is 0.0909. The van der Waals surface area contributed by atoms with E-state index < -0.39 is 5.91 Å². The maximum absolute atomic E-state index is 12.0. The Morgan fingerprint density at radius 2 is 2.03 bits per heavy atom. The summed E-state index contributed by atoms with van der Waals surface area (Å²) in [5.74, 6) is 1.24. The molecule has 0 saturated carbocycles. The lowest BCUT2D eigenvalue weighted by atomic mass is 10.1. The highest BCUT2D eigenvalue weighted by molar-refractivity contribution is 14.1. The number of aromatic nitrogens is 3. The minimum atomic E-state index is -0.513. The van der Waals surface area contributed by atoms with Gasteiger partial charge in [0.05, 0.1) is 23.9 Å². The van der Waals surface area contributed by atoms with Crippen LogP contribution in [0.1, 0.15) is 15.9 Å². The molecule has 0 spiro atoms. The SMILES string of the molecule is COc1ccc2nc(-c3cccnc3)nc(Nc3cc(CI)ccc3C(N)=O)c2c1. The number of rotatable bonds is 6. The highest BCUT2D eigenvalue weighted by Crippen LogP contribution is 2.31. The predicted octanol–water partition coefficient (Wildman–Crippen LogP) is 4.48. The van der Waals surface area contributed by atoms with Gasteiger partial charge in [0, 0.05) is 27.8 Å². The van der Waals surface area contributed by atoms with Crippen LogP contribution in [-0.4, -0.2) is 28.0 Å². The van der Waals surface area contributed by atoms with Crippen LogP contribution >= 0.6 is 22.6 Å². The lowest BCUT2D eigenvalue weighted by Crippen LogP contribution is -2.14. The number of ether oxygens (including phenoxy) is 1. The lowest BCUT2D eigenvalue weighted by Gasteiger charge is -2.14. The maximum Gasteiger partial charge on any atom is 0.250 e. The summed E-state index contributed by atoms with van der Waals surface area (Å²) in [4.78, 5) is 25.5. The molecule has 150 valence electrons. The number of anilines is 2. The topological polar surface area (TPSA) is 103 Å².